The molecule has 0 spiro atoms. The lowest BCUT2D eigenvalue weighted by Crippen LogP contribution is -2.47. The van der Waals surface area contributed by atoms with Gasteiger partial charge in [-0.2, -0.15) is 0 Å². The molecule has 1 aromatic heterocycles. The van der Waals surface area contributed by atoms with Gasteiger partial charge in [-0.05, 0) is 52.1 Å². The van der Waals surface area contributed by atoms with Crippen LogP contribution in [0.5, 0.6) is 0 Å². The van der Waals surface area contributed by atoms with Crippen LogP contribution in [0.1, 0.15) is 69.4 Å². The second-order valence-corrected chi connectivity index (χ2v) is 8.83. The third-order valence-electron chi connectivity index (χ3n) is 6.86. The fourth-order valence-corrected chi connectivity index (χ4v) is 4.92. The number of guanidine groups is 1. The van der Waals surface area contributed by atoms with E-state index >= 15 is 0 Å². The minimum atomic E-state index is 0. The average molecular weight is 515 g/mol. The van der Waals surface area contributed by atoms with Crippen LogP contribution in [-0.4, -0.2) is 68.8 Å². The Labute approximate surface area is 192 Å². The maximum Gasteiger partial charge on any atom is 0.194 e. The van der Waals surface area contributed by atoms with E-state index in [1.54, 1.807) is 0 Å². The first-order chi connectivity index (χ1) is 13.7. The van der Waals surface area contributed by atoms with Gasteiger partial charge in [-0.25, -0.2) is 4.99 Å². The van der Waals surface area contributed by atoms with Gasteiger partial charge >= 0.3 is 0 Å². The molecule has 0 bridgehead atoms. The summed E-state index contributed by atoms with van der Waals surface area (Å²) in [6.45, 7) is 7.36. The van der Waals surface area contributed by atoms with Crippen molar-refractivity contribution in [2.45, 2.75) is 83.3 Å². The van der Waals surface area contributed by atoms with Crippen molar-refractivity contribution in [3.05, 3.63) is 11.6 Å². The molecule has 164 valence electrons. The minimum absolute atomic E-state index is 0. The van der Waals surface area contributed by atoms with Gasteiger partial charge in [-0.15, -0.1) is 34.2 Å². The van der Waals surface area contributed by atoms with E-state index in [0.717, 1.165) is 30.7 Å². The Morgan fingerprint density at radius 2 is 1.72 bits per heavy atom. The van der Waals surface area contributed by atoms with Crippen LogP contribution in [0.4, 0.5) is 0 Å². The van der Waals surface area contributed by atoms with Crippen molar-refractivity contribution in [2.24, 2.45) is 12.0 Å². The van der Waals surface area contributed by atoms with E-state index in [9.17, 15) is 0 Å². The normalized spacial score (nSPS) is 24.6. The van der Waals surface area contributed by atoms with Crippen molar-refractivity contribution in [1.29, 1.82) is 0 Å². The van der Waals surface area contributed by atoms with E-state index in [4.69, 9.17) is 4.99 Å². The summed E-state index contributed by atoms with van der Waals surface area (Å²) < 4.78 is 2.04. The molecule has 2 aliphatic heterocycles. The second kappa shape index (κ2) is 10.9. The van der Waals surface area contributed by atoms with Crippen LogP contribution < -0.4 is 5.32 Å². The Bertz CT molecular complexity index is 662. The van der Waals surface area contributed by atoms with Crippen molar-refractivity contribution in [3.63, 3.8) is 0 Å². The number of aliphatic imine (C=N–C) groups is 1. The monoisotopic (exact) mass is 515 g/mol. The van der Waals surface area contributed by atoms with Gasteiger partial charge in [-0.3, -0.25) is 4.90 Å². The fourth-order valence-electron chi connectivity index (χ4n) is 4.92. The molecule has 1 aromatic rings. The van der Waals surface area contributed by atoms with E-state index in [-0.39, 0.29) is 24.0 Å². The summed E-state index contributed by atoms with van der Waals surface area (Å²) >= 11 is 0. The Balaban J connectivity index is 0.00000240. The van der Waals surface area contributed by atoms with E-state index in [0.29, 0.717) is 18.6 Å². The van der Waals surface area contributed by atoms with Gasteiger partial charge in [0.15, 0.2) is 11.8 Å². The molecule has 0 radical (unpaired) electrons. The van der Waals surface area contributed by atoms with Gasteiger partial charge in [0.2, 0.25) is 0 Å². The van der Waals surface area contributed by atoms with Gasteiger partial charge in [0.25, 0.3) is 0 Å². The standard InChI is InChI=1S/C21H37N7.HI/c1-17-24-25-20(26(17)2)15-22-21(23-18-9-5-3-6-10-18)28-14-11-19(16-28)27-12-7-4-8-13-27;/h18-19H,3-16H2,1-2H3,(H,22,23);1H. The highest BCUT2D eigenvalue weighted by Gasteiger charge is 2.31. The SMILES string of the molecule is Cc1nnc(CN=C(NC2CCCCC2)N2CCC(N3CCCCC3)C2)n1C.I. The smallest absolute Gasteiger partial charge is 0.194 e. The van der Waals surface area contributed by atoms with Crippen molar-refractivity contribution < 1.29 is 0 Å². The lowest BCUT2D eigenvalue weighted by atomic mass is 9.96. The zero-order valence-electron chi connectivity index (χ0n) is 18.1. The molecular weight excluding hydrogens is 477 g/mol. The predicted octanol–water partition coefficient (Wildman–Crippen LogP) is 3.08. The minimum Gasteiger partial charge on any atom is -0.353 e. The topological polar surface area (TPSA) is 61.6 Å². The molecule has 3 fully saturated rings. The summed E-state index contributed by atoms with van der Waals surface area (Å²) in [6, 6.07) is 1.26. The number of aromatic nitrogens is 3. The first-order valence-corrected chi connectivity index (χ1v) is 11.4. The molecule has 29 heavy (non-hydrogen) atoms. The van der Waals surface area contributed by atoms with Crippen molar-refractivity contribution in [3.8, 4) is 0 Å². The maximum absolute atomic E-state index is 5.01. The maximum atomic E-state index is 5.01. The van der Waals surface area contributed by atoms with Crippen LogP contribution in [0, 0.1) is 6.92 Å². The molecular formula is C21H38IN7. The number of rotatable bonds is 4. The molecule has 0 amide bonds. The van der Waals surface area contributed by atoms with Crippen LogP contribution in [-0.2, 0) is 13.6 Å². The molecule has 3 aliphatic rings. The van der Waals surface area contributed by atoms with E-state index in [1.165, 1.54) is 70.9 Å². The molecule has 1 atom stereocenters. The van der Waals surface area contributed by atoms with E-state index < -0.39 is 0 Å². The molecule has 0 aromatic carbocycles. The zero-order valence-corrected chi connectivity index (χ0v) is 20.5. The lowest BCUT2D eigenvalue weighted by molar-refractivity contribution is 0.168. The van der Waals surface area contributed by atoms with E-state index in [2.05, 4.69) is 25.3 Å². The van der Waals surface area contributed by atoms with Crippen LogP contribution in [0.3, 0.4) is 0 Å². The molecule has 3 heterocycles. The molecule has 1 saturated carbocycles. The van der Waals surface area contributed by atoms with Crippen LogP contribution in [0.15, 0.2) is 4.99 Å². The van der Waals surface area contributed by atoms with Gasteiger partial charge in [0, 0.05) is 32.2 Å². The highest BCUT2D eigenvalue weighted by molar-refractivity contribution is 14.0. The molecule has 7 nitrogen and oxygen atoms in total. The van der Waals surface area contributed by atoms with Gasteiger partial charge < -0.3 is 14.8 Å². The molecule has 1 N–H and O–H groups in total. The molecule has 8 heteroatoms. The Morgan fingerprint density at radius 3 is 2.41 bits per heavy atom. The number of hydrogen-bond donors (Lipinski definition) is 1. The summed E-state index contributed by atoms with van der Waals surface area (Å²) in [5.41, 5.74) is 0. The highest BCUT2D eigenvalue weighted by Crippen LogP contribution is 2.22. The summed E-state index contributed by atoms with van der Waals surface area (Å²) in [7, 11) is 2.02. The molecule has 1 unspecified atom stereocenters. The molecule has 2 saturated heterocycles. The van der Waals surface area contributed by atoms with Gasteiger partial charge in [-0.1, -0.05) is 25.7 Å². The Kier molecular flexibility index (Phi) is 8.58. The Hall–Kier alpha value is -0.900. The quantitative estimate of drug-likeness (QED) is 0.380. The van der Waals surface area contributed by atoms with Crippen molar-refractivity contribution in [2.75, 3.05) is 26.2 Å². The first-order valence-electron chi connectivity index (χ1n) is 11.4. The second-order valence-electron chi connectivity index (χ2n) is 8.83. The van der Waals surface area contributed by atoms with Gasteiger partial charge in [0.1, 0.15) is 12.4 Å². The van der Waals surface area contributed by atoms with Crippen LogP contribution in [0.25, 0.3) is 0 Å². The summed E-state index contributed by atoms with van der Waals surface area (Å²) in [5.74, 6) is 2.97. The van der Waals surface area contributed by atoms with Crippen LogP contribution >= 0.6 is 24.0 Å². The number of aryl methyl sites for hydroxylation is 1. The number of likely N-dealkylation sites (tertiary alicyclic amines) is 2. The largest absolute Gasteiger partial charge is 0.353 e. The summed E-state index contributed by atoms with van der Waals surface area (Å²) in [6.07, 6.45) is 12.0. The average Bonchev–Trinajstić information content (AvgIpc) is 3.35. The van der Waals surface area contributed by atoms with Gasteiger partial charge in [0.05, 0.1) is 0 Å². The van der Waals surface area contributed by atoms with Crippen molar-refractivity contribution >= 4 is 29.9 Å². The number of nitrogens with zero attached hydrogens (tertiary/aromatic N) is 6. The fraction of sp³-hybridized carbons (Fsp3) is 0.857. The first kappa shape index (κ1) is 22.8. The third-order valence-corrected chi connectivity index (χ3v) is 6.86. The predicted molar refractivity (Wildman–Crippen MR) is 128 cm³/mol. The number of hydrogen-bond acceptors (Lipinski definition) is 4. The third kappa shape index (κ3) is 5.83. The van der Waals surface area contributed by atoms with E-state index in [1.807, 2.05) is 18.5 Å². The highest BCUT2D eigenvalue weighted by atomic mass is 127. The molecule has 1 aliphatic carbocycles. The summed E-state index contributed by atoms with van der Waals surface area (Å²) in [4.78, 5) is 10.2. The number of nitrogens with one attached hydrogen (secondary N) is 1. The Morgan fingerprint density at radius 1 is 1.00 bits per heavy atom. The summed E-state index contributed by atoms with van der Waals surface area (Å²) in [5, 5.41) is 12.3. The van der Waals surface area contributed by atoms with Crippen LogP contribution in [0.2, 0.25) is 0 Å². The number of halogens is 1. The zero-order chi connectivity index (χ0) is 19.3. The van der Waals surface area contributed by atoms with Crippen molar-refractivity contribution in [1.82, 2.24) is 29.9 Å². The number of piperidine rings is 1. The molecule has 4 rings (SSSR count). The lowest BCUT2D eigenvalue weighted by Gasteiger charge is -2.33.